The normalized spacial score (nSPS) is 10.9. The van der Waals surface area contributed by atoms with Gasteiger partial charge in [-0.2, -0.15) is 0 Å². The van der Waals surface area contributed by atoms with Gasteiger partial charge >= 0.3 is 0 Å². The van der Waals surface area contributed by atoms with E-state index in [1.165, 1.54) is 11.4 Å². The molecule has 0 amide bonds. The van der Waals surface area contributed by atoms with Crippen LogP contribution in [0.5, 0.6) is 0 Å². The van der Waals surface area contributed by atoms with Gasteiger partial charge in [0.1, 0.15) is 0 Å². The van der Waals surface area contributed by atoms with E-state index in [0.717, 1.165) is 0 Å². The number of hydrogen-bond donors (Lipinski definition) is 0. The van der Waals surface area contributed by atoms with Gasteiger partial charge in [-0.15, -0.1) is 0 Å². The van der Waals surface area contributed by atoms with Crippen molar-refractivity contribution in [2.45, 2.75) is 26.7 Å². The molecule has 0 aliphatic carbocycles. The second kappa shape index (κ2) is 2.45. The molecule has 0 bridgehead atoms. The minimum absolute atomic E-state index is 0.543. The summed E-state index contributed by atoms with van der Waals surface area (Å²) in [5.74, 6) is 0.543. The fourth-order valence-electron chi connectivity index (χ4n) is 1.08. The molecule has 0 saturated heterocycles. The Morgan fingerprint density at radius 2 is 2.10 bits per heavy atom. The lowest BCUT2D eigenvalue weighted by Gasteiger charge is -2.01. The van der Waals surface area contributed by atoms with Crippen LogP contribution in [0.15, 0.2) is 6.33 Å². The van der Waals surface area contributed by atoms with Gasteiger partial charge in [0.05, 0.1) is 12.0 Å². The summed E-state index contributed by atoms with van der Waals surface area (Å²) >= 11 is 0. The van der Waals surface area contributed by atoms with Crippen LogP contribution >= 0.6 is 0 Å². The third-order valence-electron chi connectivity index (χ3n) is 1.82. The Labute approximate surface area is 61.9 Å². The van der Waals surface area contributed by atoms with Crippen molar-refractivity contribution in [3.05, 3.63) is 17.7 Å². The van der Waals surface area contributed by atoms with Crippen molar-refractivity contribution in [3.63, 3.8) is 0 Å². The molecule has 0 aliphatic heterocycles. The molecular weight excluding hydrogens is 124 g/mol. The summed E-state index contributed by atoms with van der Waals surface area (Å²) in [6.45, 7) is 6.42. The maximum Gasteiger partial charge on any atom is 0.0949 e. The summed E-state index contributed by atoms with van der Waals surface area (Å²) in [6.07, 6.45) is 1.87. The van der Waals surface area contributed by atoms with Crippen molar-refractivity contribution < 1.29 is 0 Å². The number of aryl methyl sites for hydroxylation is 1. The lowest BCUT2D eigenvalue weighted by Crippen LogP contribution is -1.93. The lowest BCUT2D eigenvalue weighted by atomic mass is 10.1. The van der Waals surface area contributed by atoms with Gasteiger partial charge in [0.15, 0.2) is 0 Å². The maximum atomic E-state index is 4.28. The third-order valence-corrected chi connectivity index (χ3v) is 1.82. The van der Waals surface area contributed by atoms with E-state index >= 15 is 0 Å². The molecule has 1 aromatic rings. The first-order chi connectivity index (χ1) is 4.63. The molecule has 0 radical (unpaired) electrons. The van der Waals surface area contributed by atoms with E-state index in [-0.39, 0.29) is 0 Å². The van der Waals surface area contributed by atoms with Crippen LogP contribution in [0, 0.1) is 6.92 Å². The van der Waals surface area contributed by atoms with Gasteiger partial charge in [0.25, 0.3) is 0 Å². The number of aromatic nitrogens is 2. The van der Waals surface area contributed by atoms with Gasteiger partial charge in [0.2, 0.25) is 0 Å². The number of hydrogen-bond acceptors (Lipinski definition) is 1. The lowest BCUT2D eigenvalue weighted by molar-refractivity contribution is 0.807. The van der Waals surface area contributed by atoms with E-state index in [2.05, 4.69) is 30.3 Å². The minimum atomic E-state index is 0.543. The zero-order valence-electron chi connectivity index (χ0n) is 7.05. The zero-order valence-corrected chi connectivity index (χ0v) is 7.05. The van der Waals surface area contributed by atoms with E-state index in [4.69, 9.17) is 0 Å². The predicted octanol–water partition coefficient (Wildman–Crippen LogP) is 1.85. The first-order valence-electron chi connectivity index (χ1n) is 3.60. The highest BCUT2D eigenvalue weighted by Gasteiger charge is 2.06. The zero-order chi connectivity index (χ0) is 7.72. The summed E-state index contributed by atoms with van der Waals surface area (Å²) in [6, 6.07) is 0. The van der Waals surface area contributed by atoms with Crippen molar-refractivity contribution >= 4 is 0 Å². The summed E-state index contributed by atoms with van der Waals surface area (Å²) in [4.78, 5) is 4.28. The van der Waals surface area contributed by atoms with Crippen LogP contribution in [0.4, 0.5) is 0 Å². The molecular formula is C8H14N2. The van der Waals surface area contributed by atoms with Crippen molar-refractivity contribution in [2.75, 3.05) is 0 Å². The second-order valence-corrected chi connectivity index (χ2v) is 2.98. The molecule has 2 nitrogen and oxygen atoms in total. The van der Waals surface area contributed by atoms with Gasteiger partial charge in [-0.1, -0.05) is 13.8 Å². The van der Waals surface area contributed by atoms with E-state index in [1.54, 1.807) is 0 Å². The average Bonchev–Trinajstić information content (AvgIpc) is 2.14. The van der Waals surface area contributed by atoms with Crippen molar-refractivity contribution in [3.8, 4) is 0 Å². The minimum Gasteiger partial charge on any atom is -0.338 e. The molecule has 0 atom stereocenters. The molecule has 1 rings (SSSR count). The molecule has 0 spiro atoms. The number of nitrogens with zero attached hydrogens (tertiary/aromatic N) is 2. The Hall–Kier alpha value is -0.790. The molecule has 1 heterocycles. The first kappa shape index (κ1) is 7.32. The predicted molar refractivity (Wildman–Crippen MR) is 42.0 cm³/mol. The molecule has 56 valence electrons. The standard InChI is InChI=1S/C8H14N2/c1-6(2)8-7(3)10(4)5-9-8/h5-6H,1-4H3. The molecule has 1 aromatic heterocycles. The molecule has 0 aliphatic rings. The Bertz CT molecular complexity index is 223. The van der Waals surface area contributed by atoms with Gasteiger partial charge < -0.3 is 4.57 Å². The van der Waals surface area contributed by atoms with Crippen molar-refractivity contribution in [1.29, 1.82) is 0 Å². The van der Waals surface area contributed by atoms with Crippen LogP contribution in [0.3, 0.4) is 0 Å². The van der Waals surface area contributed by atoms with Crippen LogP contribution < -0.4 is 0 Å². The Kier molecular flexibility index (Phi) is 1.79. The molecule has 0 fully saturated rings. The largest absolute Gasteiger partial charge is 0.338 e. The Morgan fingerprint density at radius 3 is 2.30 bits per heavy atom. The SMILES string of the molecule is Cc1c(C(C)C)ncn1C. The van der Waals surface area contributed by atoms with E-state index in [9.17, 15) is 0 Å². The summed E-state index contributed by atoms with van der Waals surface area (Å²) < 4.78 is 2.05. The Morgan fingerprint density at radius 1 is 1.50 bits per heavy atom. The molecule has 0 aromatic carbocycles. The van der Waals surface area contributed by atoms with Crippen LogP contribution in [0.1, 0.15) is 31.2 Å². The average molecular weight is 138 g/mol. The topological polar surface area (TPSA) is 17.8 Å². The van der Waals surface area contributed by atoms with Crippen molar-refractivity contribution in [2.24, 2.45) is 7.05 Å². The molecule has 10 heavy (non-hydrogen) atoms. The van der Waals surface area contributed by atoms with E-state index < -0.39 is 0 Å². The van der Waals surface area contributed by atoms with Crippen LogP contribution in [-0.2, 0) is 7.05 Å². The van der Waals surface area contributed by atoms with Gasteiger partial charge in [-0.05, 0) is 12.8 Å². The summed E-state index contributed by atoms with van der Waals surface area (Å²) in [7, 11) is 2.02. The number of rotatable bonds is 1. The molecule has 2 heteroatoms. The first-order valence-corrected chi connectivity index (χ1v) is 3.60. The smallest absolute Gasteiger partial charge is 0.0949 e. The molecule has 0 unspecified atom stereocenters. The van der Waals surface area contributed by atoms with E-state index in [0.29, 0.717) is 5.92 Å². The highest BCUT2D eigenvalue weighted by Crippen LogP contribution is 2.15. The number of imidazole rings is 1. The molecule has 0 N–H and O–H groups in total. The quantitative estimate of drug-likeness (QED) is 0.579. The van der Waals surface area contributed by atoms with Gasteiger partial charge in [0, 0.05) is 12.7 Å². The fraction of sp³-hybridized carbons (Fsp3) is 0.625. The summed E-state index contributed by atoms with van der Waals surface area (Å²) in [5, 5.41) is 0. The van der Waals surface area contributed by atoms with Crippen LogP contribution in [-0.4, -0.2) is 9.55 Å². The van der Waals surface area contributed by atoms with Crippen LogP contribution in [0.25, 0.3) is 0 Å². The van der Waals surface area contributed by atoms with E-state index in [1.807, 2.05) is 13.4 Å². The monoisotopic (exact) mass is 138 g/mol. The van der Waals surface area contributed by atoms with Gasteiger partial charge in [-0.25, -0.2) is 4.98 Å². The van der Waals surface area contributed by atoms with Crippen LogP contribution in [0.2, 0.25) is 0 Å². The fourth-order valence-corrected chi connectivity index (χ4v) is 1.08. The second-order valence-electron chi connectivity index (χ2n) is 2.98. The highest BCUT2D eigenvalue weighted by molar-refractivity contribution is 5.14. The van der Waals surface area contributed by atoms with Crippen molar-refractivity contribution in [1.82, 2.24) is 9.55 Å². The molecule has 0 saturated carbocycles. The van der Waals surface area contributed by atoms with Gasteiger partial charge in [-0.3, -0.25) is 0 Å². The maximum absolute atomic E-state index is 4.28. The Balaban J connectivity index is 3.05. The third kappa shape index (κ3) is 1.06. The highest BCUT2D eigenvalue weighted by atomic mass is 15.0. The summed E-state index contributed by atoms with van der Waals surface area (Å²) in [5.41, 5.74) is 2.48.